The van der Waals surface area contributed by atoms with E-state index in [0.717, 1.165) is 29.2 Å². The Kier molecular flexibility index (Phi) is 2.77. The van der Waals surface area contributed by atoms with E-state index in [1.165, 1.54) is 12.8 Å². The predicted octanol–water partition coefficient (Wildman–Crippen LogP) is 2.69. The summed E-state index contributed by atoms with van der Waals surface area (Å²) in [7, 11) is 0. The number of nitrogens with one attached hydrogen (secondary N) is 1. The van der Waals surface area contributed by atoms with Crippen LogP contribution in [0.25, 0.3) is 11.0 Å². The Balaban J connectivity index is 1.97. The fraction of sp³-hybridized carbons (Fsp3) is 0.429. The van der Waals surface area contributed by atoms with Crippen molar-refractivity contribution in [1.29, 1.82) is 0 Å². The molecule has 0 saturated heterocycles. The molecule has 1 aliphatic carbocycles. The van der Waals surface area contributed by atoms with Crippen LogP contribution in [0.3, 0.4) is 0 Å². The molecule has 3 heteroatoms. The Morgan fingerprint density at radius 3 is 2.76 bits per heavy atom. The second kappa shape index (κ2) is 4.41. The lowest BCUT2D eigenvalue weighted by Crippen LogP contribution is -2.23. The lowest BCUT2D eigenvalue weighted by atomic mass is 10.1. The Hall–Kier alpha value is -1.48. The minimum atomic E-state index is 0.386. The van der Waals surface area contributed by atoms with Crippen LogP contribution in [-0.4, -0.2) is 16.5 Å². The molecule has 1 aromatic carbocycles. The Bertz CT molecular complexity index is 520. The van der Waals surface area contributed by atoms with Gasteiger partial charge in [0.1, 0.15) is 0 Å². The maximum absolute atomic E-state index is 4.73. The summed E-state index contributed by atoms with van der Waals surface area (Å²) in [6.45, 7) is 3.12. The van der Waals surface area contributed by atoms with Gasteiger partial charge in [0.25, 0.3) is 0 Å². The summed E-state index contributed by atoms with van der Waals surface area (Å²) in [5.74, 6) is 0.755. The molecule has 1 saturated carbocycles. The van der Waals surface area contributed by atoms with Gasteiger partial charge in [0.15, 0.2) is 0 Å². The number of hydrogen-bond donors (Lipinski definition) is 1. The fourth-order valence-electron chi connectivity index (χ4n) is 2.28. The fourth-order valence-corrected chi connectivity index (χ4v) is 2.28. The standard InChI is InChI=1S/C14H17N3/c1-2-15-14(10-7-8-10)13-9-16-11-5-3-4-6-12(11)17-13/h3-6,9-10,14-15H,2,7-8H2,1H3. The molecule has 0 radical (unpaired) electrons. The van der Waals surface area contributed by atoms with Gasteiger partial charge in [-0.2, -0.15) is 0 Å². The molecule has 0 bridgehead atoms. The van der Waals surface area contributed by atoms with Crippen LogP contribution in [0, 0.1) is 5.92 Å². The summed E-state index contributed by atoms with van der Waals surface area (Å²) in [6.07, 6.45) is 4.55. The van der Waals surface area contributed by atoms with Crippen LogP contribution in [0.4, 0.5) is 0 Å². The van der Waals surface area contributed by atoms with E-state index in [1.54, 1.807) is 0 Å². The van der Waals surface area contributed by atoms with E-state index in [0.29, 0.717) is 6.04 Å². The Labute approximate surface area is 101 Å². The van der Waals surface area contributed by atoms with Gasteiger partial charge in [-0.25, -0.2) is 4.98 Å². The molecule has 17 heavy (non-hydrogen) atoms. The highest BCUT2D eigenvalue weighted by Gasteiger charge is 2.32. The predicted molar refractivity (Wildman–Crippen MR) is 68.7 cm³/mol. The number of fused-ring (bicyclic) bond motifs is 1. The third-order valence-corrected chi connectivity index (χ3v) is 3.30. The molecule has 1 atom stereocenters. The van der Waals surface area contributed by atoms with Gasteiger partial charge in [-0.1, -0.05) is 19.1 Å². The van der Waals surface area contributed by atoms with Crippen LogP contribution in [0.15, 0.2) is 30.5 Å². The van der Waals surface area contributed by atoms with Crippen LogP contribution in [0.1, 0.15) is 31.5 Å². The van der Waals surface area contributed by atoms with E-state index in [9.17, 15) is 0 Å². The molecule has 1 aliphatic rings. The van der Waals surface area contributed by atoms with Crippen molar-refractivity contribution in [2.24, 2.45) is 5.92 Å². The van der Waals surface area contributed by atoms with Gasteiger partial charge in [0, 0.05) is 0 Å². The van der Waals surface area contributed by atoms with Crippen LogP contribution in [0.2, 0.25) is 0 Å². The number of nitrogens with zero attached hydrogens (tertiary/aromatic N) is 2. The Morgan fingerprint density at radius 1 is 1.29 bits per heavy atom. The summed E-state index contributed by atoms with van der Waals surface area (Å²) < 4.78 is 0. The van der Waals surface area contributed by atoms with Gasteiger partial charge >= 0.3 is 0 Å². The highest BCUT2D eigenvalue weighted by atomic mass is 15.0. The first-order valence-electron chi connectivity index (χ1n) is 6.33. The third kappa shape index (κ3) is 2.15. The van der Waals surface area contributed by atoms with Gasteiger partial charge < -0.3 is 5.32 Å². The van der Waals surface area contributed by atoms with Crippen molar-refractivity contribution in [3.05, 3.63) is 36.2 Å². The molecular weight excluding hydrogens is 210 g/mol. The van der Waals surface area contributed by atoms with Crippen molar-refractivity contribution in [3.63, 3.8) is 0 Å². The molecule has 0 aliphatic heterocycles. The maximum atomic E-state index is 4.73. The first-order valence-corrected chi connectivity index (χ1v) is 6.33. The minimum Gasteiger partial charge on any atom is -0.309 e. The summed E-state index contributed by atoms with van der Waals surface area (Å²) >= 11 is 0. The average molecular weight is 227 g/mol. The SMILES string of the molecule is CCNC(c1cnc2ccccc2n1)C1CC1. The topological polar surface area (TPSA) is 37.8 Å². The van der Waals surface area contributed by atoms with Crippen molar-refractivity contribution >= 4 is 11.0 Å². The monoisotopic (exact) mass is 227 g/mol. The van der Waals surface area contributed by atoms with E-state index in [2.05, 4.69) is 17.2 Å². The first kappa shape index (κ1) is 10.7. The molecular formula is C14H17N3. The van der Waals surface area contributed by atoms with Crippen molar-refractivity contribution in [1.82, 2.24) is 15.3 Å². The summed E-state index contributed by atoms with van der Waals surface area (Å²) in [6, 6.07) is 8.43. The van der Waals surface area contributed by atoms with E-state index in [-0.39, 0.29) is 0 Å². The smallest absolute Gasteiger partial charge is 0.0890 e. The Morgan fingerprint density at radius 2 is 2.06 bits per heavy atom. The van der Waals surface area contributed by atoms with Crippen LogP contribution >= 0.6 is 0 Å². The zero-order valence-corrected chi connectivity index (χ0v) is 10.1. The number of benzene rings is 1. The summed E-state index contributed by atoms with van der Waals surface area (Å²) in [5, 5.41) is 3.52. The van der Waals surface area contributed by atoms with Gasteiger partial charge in [-0.15, -0.1) is 0 Å². The molecule has 3 rings (SSSR count). The number of para-hydroxylation sites is 2. The van der Waals surface area contributed by atoms with E-state index in [1.807, 2.05) is 30.5 Å². The van der Waals surface area contributed by atoms with E-state index < -0.39 is 0 Å². The normalized spacial score (nSPS) is 17.2. The van der Waals surface area contributed by atoms with Gasteiger partial charge in [0.05, 0.1) is 29.0 Å². The zero-order valence-electron chi connectivity index (χ0n) is 10.1. The van der Waals surface area contributed by atoms with Crippen molar-refractivity contribution in [2.75, 3.05) is 6.54 Å². The molecule has 3 nitrogen and oxygen atoms in total. The molecule has 1 heterocycles. The second-order valence-electron chi connectivity index (χ2n) is 4.66. The van der Waals surface area contributed by atoms with Crippen LogP contribution in [-0.2, 0) is 0 Å². The van der Waals surface area contributed by atoms with Gasteiger partial charge in [-0.3, -0.25) is 4.98 Å². The molecule has 0 spiro atoms. The van der Waals surface area contributed by atoms with Gasteiger partial charge in [-0.05, 0) is 37.4 Å². The van der Waals surface area contributed by atoms with Gasteiger partial charge in [0.2, 0.25) is 0 Å². The lowest BCUT2D eigenvalue weighted by molar-refractivity contribution is 0.484. The van der Waals surface area contributed by atoms with Crippen LogP contribution < -0.4 is 5.32 Å². The molecule has 1 unspecified atom stereocenters. The maximum Gasteiger partial charge on any atom is 0.0890 e. The van der Waals surface area contributed by atoms with E-state index >= 15 is 0 Å². The zero-order chi connectivity index (χ0) is 11.7. The van der Waals surface area contributed by atoms with Crippen molar-refractivity contribution in [2.45, 2.75) is 25.8 Å². The molecule has 88 valence electrons. The summed E-state index contributed by atoms with van der Waals surface area (Å²) in [5.41, 5.74) is 3.06. The lowest BCUT2D eigenvalue weighted by Gasteiger charge is -2.16. The molecule has 1 N–H and O–H groups in total. The molecule has 1 fully saturated rings. The largest absolute Gasteiger partial charge is 0.309 e. The van der Waals surface area contributed by atoms with E-state index in [4.69, 9.17) is 4.98 Å². The van der Waals surface area contributed by atoms with Crippen LogP contribution in [0.5, 0.6) is 0 Å². The van der Waals surface area contributed by atoms with Crippen molar-refractivity contribution < 1.29 is 0 Å². The van der Waals surface area contributed by atoms with Crippen molar-refractivity contribution in [3.8, 4) is 0 Å². The summed E-state index contributed by atoms with van der Waals surface area (Å²) in [4.78, 5) is 9.22. The number of rotatable bonds is 4. The highest BCUT2D eigenvalue weighted by molar-refractivity contribution is 5.73. The number of hydrogen-bond acceptors (Lipinski definition) is 3. The number of aromatic nitrogens is 2. The third-order valence-electron chi connectivity index (χ3n) is 3.30. The molecule has 0 amide bonds. The minimum absolute atomic E-state index is 0.386. The average Bonchev–Trinajstić information content (AvgIpc) is 3.20. The molecule has 2 aromatic rings. The molecule has 1 aromatic heterocycles. The first-order chi connectivity index (χ1) is 8.38. The second-order valence-corrected chi connectivity index (χ2v) is 4.66. The quantitative estimate of drug-likeness (QED) is 0.872. The highest BCUT2D eigenvalue weighted by Crippen LogP contribution is 2.40.